The molecule has 0 amide bonds. The largest absolute Gasteiger partial charge is 0.506 e. The lowest BCUT2D eigenvalue weighted by Crippen LogP contribution is -2.40. The van der Waals surface area contributed by atoms with E-state index in [0.29, 0.717) is 24.6 Å². The maximum absolute atomic E-state index is 13.1. The van der Waals surface area contributed by atoms with Crippen LogP contribution in [0.5, 0.6) is 5.75 Å². The zero-order valence-corrected chi connectivity index (χ0v) is 19.0. The first kappa shape index (κ1) is 24.1. The van der Waals surface area contributed by atoms with Crippen LogP contribution in [-0.2, 0) is 30.4 Å². The molecule has 9 heteroatoms. The smallest absolute Gasteiger partial charge is 0.416 e. The summed E-state index contributed by atoms with van der Waals surface area (Å²) in [6.07, 6.45) is -3.69. The van der Waals surface area contributed by atoms with Crippen LogP contribution in [0.25, 0.3) is 0 Å². The van der Waals surface area contributed by atoms with Gasteiger partial charge < -0.3 is 20.1 Å². The van der Waals surface area contributed by atoms with Crippen molar-refractivity contribution in [3.63, 3.8) is 0 Å². The summed E-state index contributed by atoms with van der Waals surface area (Å²) < 4.78 is 44.2. The number of halogens is 3. The fourth-order valence-electron chi connectivity index (χ4n) is 3.91. The van der Waals surface area contributed by atoms with Crippen LogP contribution >= 0.6 is 0 Å². The highest BCUT2D eigenvalue weighted by atomic mass is 19.4. The minimum absolute atomic E-state index is 0.0120. The molecule has 2 N–H and O–H groups in total. The molecule has 3 aromatic rings. The van der Waals surface area contributed by atoms with E-state index in [1.54, 1.807) is 6.07 Å². The molecule has 1 heterocycles. The number of ether oxygens (including phenoxy) is 1. The van der Waals surface area contributed by atoms with E-state index in [2.05, 4.69) is 16.4 Å². The SMILES string of the molecule is COC(=O)c1ccc(O)c(NC(=NCc2cccc(C(F)(F)F)c2)N2CCc3ccccc3C2)c1. The number of carbonyl (C=O) groups is 1. The number of methoxy groups -OCH3 is 1. The third-order valence-electron chi connectivity index (χ3n) is 5.76. The molecule has 0 saturated heterocycles. The highest BCUT2D eigenvalue weighted by molar-refractivity contribution is 5.97. The summed E-state index contributed by atoms with van der Waals surface area (Å²) in [5, 5.41) is 13.5. The first-order valence-electron chi connectivity index (χ1n) is 11.0. The van der Waals surface area contributed by atoms with Gasteiger partial charge in [-0.25, -0.2) is 9.79 Å². The van der Waals surface area contributed by atoms with Crippen LogP contribution in [0.2, 0.25) is 0 Å². The Morgan fingerprint density at radius 3 is 2.60 bits per heavy atom. The van der Waals surface area contributed by atoms with E-state index < -0.39 is 17.7 Å². The average Bonchev–Trinajstić information content (AvgIpc) is 2.86. The molecule has 1 aliphatic heterocycles. The van der Waals surface area contributed by atoms with Crippen molar-refractivity contribution in [2.75, 3.05) is 19.0 Å². The van der Waals surface area contributed by atoms with Crippen LogP contribution in [0.3, 0.4) is 0 Å². The number of esters is 1. The Kier molecular flexibility index (Phi) is 6.95. The Balaban J connectivity index is 1.66. The number of aliphatic imine (C=N–C) groups is 1. The molecular formula is C26H24F3N3O3. The number of carbonyl (C=O) groups excluding carboxylic acids is 1. The Hall–Kier alpha value is -4.01. The predicted octanol–water partition coefficient (Wildman–Crippen LogP) is 5.22. The molecule has 0 atom stereocenters. The number of nitrogens with zero attached hydrogens (tertiary/aromatic N) is 2. The Labute approximate surface area is 200 Å². The Morgan fingerprint density at radius 1 is 1.09 bits per heavy atom. The first-order chi connectivity index (χ1) is 16.7. The van der Waals surface area contributed by atoms with Crippen molar-refractivity contribution in [3.8, 4) is 5.75 Å². The molecule has 0 unspecified atom stereocenters. The number of aromatic hydroxyl groups is 1. The Morgan fingerprint density at radius 2 is 1.86 bits per heavy atom. The summed E-state index contributed by atoms with van der Waals surface area (Å²) >= 11 is 0. The van der Waals surface area contributed by atoms with E-state index in [9.17, 15) is 23.1 Å². The van der Waals surface area contributed by atoms with Gasteiger partial charge in [0.15, 0.2) is 5.96 Å². The number of hydrogen-bond acceptors (Lipinski definition) is 4. The van der Waals surface area contributed by atoms with Gasteiger partial charge in [0.05, 0.1) is 30.5 Å². The number of benzene rings is 3. The van der Waals surface area contributed by atoms with Crippen molar-refractivity contribution >= 4 is 17.6 Å². The number of guanidine groups is 1. The summed E-state index contributed by atoms with van der Waals surface area (Å²) in [5.74, 6) is -0.307. The molecule has 6 nitrogen and oxygen atoms in total. The molecular weight excluding hydrogens is 459 g/mol. The number of nitrogens with one attached hydrogen (secondary N) is 1. The highest BCUT2D eigenvalue weighted by Gasteiger charge is 2.30. The molecule has 1 aliphatic rings. The van der Waals surface area contributed by atoms with Crippen molar-refractivity contribution in [2.24, 2.45) is 4.99 Å². The zero-order valence-electron chi connectivity index (χ0n) is 19.0. The highest BCUT2D eigenvalue weighted by Crippen LogP contribution is 2.30. The fraction of sp³-hybridized carbons (Fsp3) is 0.231. The van der Waals surface area contributed by atoms with Gasteiger partial charge in [-0.05, 0) is 53.4 Å². The number of fused-ring (bicyclic) bond motifs is 1. The third-order valence-corrected chi connectivity index (χ3v) is 5.76. The summed E-state index contributed by atoms with van der Waals surface area (Å²) in [5.41, 5.74) is 2.44. The van der Waals surface area contributed by atoms with Crippen LogP contribution in [0, 0.1) is 0 Å². The van der Waals surface area contributed by atoms with Gasteiger partial charge in [0.1, 0.15) is 5.75 Å². The van der Waals surface area contributed by atoms with Crippen LogP contribution in [0.15, 0.2) is 71.7 Å². The van der Waals surface area contributed by atoms with Crippen LogP contribution in [0.4, 0.5) is 18.9 Å². The lowest BCUT2D eigenvalue weighted by atomic mass is 10.0. The zero-order chi connectivity index (χ0) is 25.0. The van der Waals surface area contributed by atoms with Crippen molar-refractivity contribution < 1.29 is 27.8 Å². The normalized spacial score (nSPS) is 13.8. The molecule has 3 aromatic carbocycles. The lowest BCUT2D eigenvalue weighted by Gasteiger charge is -2.32. The van der Waals surface area contributed by atoms with Gasteiger partial charge in [-0.2, -0.15) is 13.2 Å². The first-order valence-corrected chi connectivity index (χ1v) is 11.0. The van der Waals surface area contributed by atoms with Crippen LogP contribution in [-0.4, -0.2) is 35.6 Å². The topological polar surface area (TPSA) is 74.2 Å². The maximum Gasteiger partial charge on any atom is 0.416 e. The number of hydrogen-bond donors (Lipinski definition) is 2. The van der Waals surface area contributed by atoms with Gasteiger partial charge in [0, 0.05) is 13.1 Å². The van der Waals surface area contributed by atoms with Gasteiger partial charge in [0.25, 0.3) is 0 Å². The number of phenolic OH excluding ortho intramolecular Hbond substituents is 1. The summed E-state index contributed by atoms with van der Waals surface area (Å²) in [4.78, 5) is 18.5. The third kappa shape index (κ3) is 5.74. The van der Waals surface area contributed by atoms with Gasteiger partial charge in [-0.15, -0.1) is 0 Å². The molecule has 4 rings (SSSR count). The Bertz CT molecular complexity index is 1260. The number of rotatable bonds is 4. The standard InChI is InChI=1S/C26H24F3N3O3/c1-35-24(34)19-9-10-23(33)22(14-19)31-25(32-12-11-18-6-2-3-7-20(18)16-32)30-15-17-5-4-8-21(13-17)26(27,28)29/h2-10,13-14,33H,11-12,15-16H2,1H3,(H,30,31). The monoisotopic (exact) mass is 483 g/mol. The van der Waals surface area contributed by atoms with Crippen molar-refractivity contribution in [1.82, 2.24) is 4.90 Å². The second-order valence-electron chi connectivity index (χ2n) is 8.13. The van der Waals surface area contributed by atoms with Crippen molar-refractivity contribution in [3.05, 3.63) is 94.5 Å². The molecule has 0 fully saturated rings. The number of alkyl halides is 3. The summed E-state index contributed by atoms with van der Waals surface area (Å²) in [7, 11) is 1.26. The molecule has 0 spiro atoms. The average molecular weight is 483 g/mol. The summed E-state index contributed by atoms with van der Waals surface area (Å²) in [6, 6.07) is 17.3. The minimum Gasteiger partial charge on any atom is -0.506 e. The van der Waals surface area contributed by atoms with Crippen LogP contribution < -0.4 is 5.32 Å². The molecule has 0 bridgehead atoms. The second kappa shape index (κ2) is 10.1. The van der Waals surface area contributed by atoms with E-state index in [0.717, 1.165) is 24.1 Å². The fourth-order valence-corrected chi connectivity index (χ4v) is 3.91. The maximum atomic E-state index is 13.1. The quantitative estimate of drug-likeness (QED) is 0.230. The second-order valence-corrected chi connectivity index (χ2v) is 8.13. The molecule has 35 heavy (non-hydrogen) atoms. The van der Waals surface area contributed by atoms with Crippen molar-refractivity contribution in [2.45, 2.75) is 25.7 Å². The van der Waals surface area contributed by atoms with E-state index in [1.807, 2.05) is 23.1 Å². The molecule has 0 aliphatic carbocycles. The van der Waals surface area contributed by atoms with E-state index in [1.165, 1.54) is 36.9 Å². The van der Waals surface area contributed by atoms with Gasteiger partial charge in [0.2, 0.25) is 0 Å². The predicted molar refractivity (Wildman–Crippen MR) is 126 cm³/mol. The van der Waals surface area contributed by atoms with E-state index >= 15 is 0 Å². The van der Waals surface area contributed by atoms with Crippen molar-refractivity contribution in [1.29, 1.82) is 0 Å². The lowest BCUT2D eigenvalue weighted by molar-refractivity contribution is -0.137. The molecule has 0 aromatic heterocycles. The summed E-state index contributed by atoms with van der Waals surface area (Å²) in [6.45, 7) is 1.13. The molecule has 0 saturated carbocycles. The van der Waals surface area contributed by atoms with E-state index in [4.69, 9.17) is 4.74 Å². The van der Waals surface area contributed by atoms with Gasteiger partial charge >= 0.3 is 12.1 Å². The molecule has 0 radical (unpaired) electrons. The van der Waals surface area contributed by atoms with E-state index in [-0.39, 0.29) is 23.5 Å². The number of phenols is 1. The minimum atomic E-state index is -4.45. The van der Waals surface area contributed by atoms with Gasteiger partial charge in [-0.3, -0.25) is 0 Å². The number of anilines is 1. The molecule has 182 valence electrons. The van der Waals surface area contributed by atoms with Crippen LogP contribution in [0.1, 0.15) is 32.6 Å². The van der Waals surface area contributed by atoms with Gasteiger partial charge in [-0.1, -0.05) is 36.4 Å².